The Bertz CT molecular complexity index is 3930. The van der Waals surface area contributed by atoms with Crippen LogP contribution in [0, 0.1) is 10.8 Å². The molecule has 0 saturated heterocycles. The number of allylic oxidation sites excluding steroid dienone is 4. The topological polar surface area (TPSA) is 0 Å². The van der Waals surface area contributed by atoms with Crippen LogP contribution in [0.2, 0.25) is 0 Å². The predicted octanol–water partition coefficient (Wildman–Crippen LogP) is 35.8. The van der Waals surface area contributed by atoms with Gasteiger partial charge in [0.15, 0.2) is 0 Å². The molecule has 0 heterocycles. The van der Waals surface area contributed by atoms with Gasteiger partial charge in [-0.05, 0) is 282 Å². The maximum absolute atomic E-state index is 6.15. The number of fused-ring (bicyclic) bond motifs is 2. The molecule has 0 nitrogen and oxygen atoms in total. The van der Waals surface area contributed by atoms with Crippen LogP contribution in [0.25, 0.3) is 11.1 Å². The van der Waals surface area contributed by atoms with Crippen LogP contribution in [0.3, 0.4) is 0 Å². The van der Waals surface area contributed by atoms with E-state index in [-0.39, 0.29) is 32.0 Å². The Morgan fingerprint density at radius 2 is 0.400 bits per heavy atom. The molecule has 8 aromatic rings. The van der Waals surface area contributed by atoms with Crippen molar-refractivity contribution in [3.8, 4) is 0 Å². The monoisotopic (exact) mass is 2140 g/mol. The zero-order valence-corrected chi connectivity index (χ0v) is 93.1. The van der Waals surface area contributed by atoms with Gasteiger partial charge >= 0.3 is 220 Å². The summed E-state index contributed by atoms with van der Waals surface area (Å²) in [4.78, 5) is 0. The van der Waals surface area contributed by atoms with Crippen LogP contribution in [0.1, 0.15) is 353 Å². The minimum Gasteiger partial charge on any atom is -0.109 e. The first-order valence-corrected chi connectivity index (χ1v) is 71.3. The summed E-state index contributed by atoms with van der Waals surface area (Å²) in [5, 5.41) is 8.81. The van der Waals surface area contributed by atoms with Gasteiger partial charge in [-0.15, -0.1) is 23.2 Å². The molecule has 9 fully saturated rings. The summed E-state index contributed by atoms with van der Waals surface area (Å²) < 4.78 is 2.32. The number of alkyl halides is 2. The molecular weight excluding hydrogens is 1980 g/mol. The Kier molecular flexibility index (Phi) is 48.0. The average Bonchev–Trinajstić information content (AvgIpc) is 1.63. The first-order chi connectivity index (χ1) is 63.5. The maximum atomic E-state index is 6.15. The van der Waals surface area contributed by atoms with E-state index in [1.165, 1.54) is 135 Å². The van der Waals surface area contributed by atoms with Crippen molar-refractivity contribution in [2.45, 2.75) is 381 Å². The molecule has 11 aliphatic carbocycles. The van der Waals surface area contributed by atoms with Gasteiger partial charge in [-0.3, -0.25) is 0 Å². The molecular formula is C117H163Cl6P5Ru2+4. The average molecular weight is 2140 g/mol. The molecule has 0 spiro atoms. The molecule has 13 heteroatoms. The van der Waals surface area contributed by atoms with Gasteiger partial charge in [0.1, 0.15) is 31.8 Å². The van der Waals surface area contributed by atoms with E-state index in [1.807, 2.05) is 12.1 Å². The van der Waals surface area contributed by atoms with Crippen molar-refractivity contribution < 1.29 is 27.0 Å². The van der Waals surface area contributed by atoms with Crippen LogP contribution in [0.15, 0.2) is 243 Å². The van der Waals surface area contributed by atoms with Gasteiger partial charge in [0.2, 0.25) is 0 Å². The van der Waals surface area contributed by atoms with Crippen molar-refractivity contribution in [1.29, 1.82) is 0 Å². The van der Waals surface area contributed by atoms with Gasteiger partial charge in [0, 0.05) is 15.8 Å². The third-order valence-electron chi connectivity index (χ3n) is 30.2. The third kappa shape index (κ3) is 33.1. The molecule has 8 aromatic carbocycles. The van der Waals surface area contributed by atoms with Crippen LogP contribution < -0.4 is 31.8 Å². The number of hydrogen-bond donors (Lipinski definition) is 0. The molecule has 0 bridgehead atoms. The molecule has 19 rings (SSSR count). The molecule has 11 aliphatic rings. The summed E-state index contributed by atoms with van der Waals surface area (Å²) >= 11 is 5.87. The summed E-state index contributed by atoms with van der Waals surface area (Å²) in [5.74, 6) is 0. The van der Waals surface area contributed by atoms with E-state index in [4.69, 9.17) is 62.0 Å². The van der Waals surface area contributed by atoms with Crippen molar-refractivity contribution in [3.05, 3.63) is 265 Å². The van der Waals surface area contributed by atoms with Gasteiger partial charge < -0.3 is 0 Å². The Morgan fingerprint density at radius 3 is 0.569 bits per heavy atom. The molecule has 710 valence electrons. The molecule has 9 saturated carbocycles. The quantitative estimate of drug-likeness (QED) is 0.0545. The fraction of sp³-hybridized carbons (Fsp3) is 0.538. The summed E-state index contributed by atoms with van der Waals surface area (Å²) in [5.41, 5.74) is 18.9. The van der Waals surface area contributed by atoms with Crippen LogP contribution in [-0.4, -0.2) is 64.5 Å². The Labute approximate surface area is 834 Å². The molecule has 0 radical (unpaired) electrons. The third-order valence-corrected chi connectivity index (χ3v) is 55.1. The first kappa shape index (κ1) is 107. The molecule has 0 amide bonds. The molecule has 0 N–H and O–H groups in total. The van der Waals surface area contributed by atoms with Gasteiger partial charge in [-0.2, -0.15) is 0 Å². The Morgan fingerprint density at radius 1 is 0.238 bits per heavy atom. The molecule has 0 aromatic heterocycles. The van der Waals surface area contributed by atoms with Crippen molar-refractivity contribution in [1.82, 2.24) is 0 Å². The minimum absolute atomic E-state index is 0.0465. The van der Waals surface area contributed by atoms with E-state index >= 15 is 0 Å². The largest absolute Gasteiger partial charge is 0.109 e. The smallest absolute Gasteiger partial charge is 0.102 e. The zero-order valence-electron chi connectivity index (χ0n) is 80.2. The van der Waals surface area contributed by atoms with E-state index < -0.39 is 42.9 Å². The number of halogens is 6. The number of benzene rings is 8. The van der Waals surface area contributed by atoms with Crippen LogP contribution in [0.5, 0.6) is 0 Å². The van der Waals surface area contributed by atoms with Crippen LogP contribution in [0.4, 0.5) is 0 Å². The zero-order chi connectivity index (χ0) is 91.1. The Balaban J connectivity index is 0.000000137. The van der Waals surface area contributed by atoms with Gasteiger partial charge in [-0.1, -0.05) is 213 Å². The number of rotatable bonds is 15. The van der Waals surface area contributed by atoms with Crippen molar-refractivity contribution in [2.75, 3.05) is 5.34 Å². The fourth-order valence-electron chi connectivity index (χ4n) is 24.1. The van der Waals surface area contributed by atoms with Gasteiger partial charge in [-0.25, -0.2) is 0 Å². The van der Waals surface area contributed by atoms with Crippen molar-refractivity contribution in [2.24, 2.45) is 10.8 Å². The second kappa shape index (κ2) is 58.4. The standard InChI is InChI=1S/3C18H33P.2C18H15P.2C13H14.CH2Cl2.4ClH.2Ru/c5*1-4-10-16(11-5-1)19(17-12-6-2-7-13-17)18-14-8-3-9-15-18;2*1-13(2,3)12-9-8-10-6-4-5-7-11(10)12;2-1-3;;;;;;/h3*16-18H,1-15H2;2*1-15H;2*4-7,9H,1-3H3;1H2;4*1H;;/q;;;;;;;;;;;;2*+2. The maximum Gasteiger partial charge on any atom is 0.102 e. The van der Waals surface area contributed by atoms with E-state index in [1.54, 1.807) is 270 Å². The SMILES string of the molecule is C1CCC(P(C2CCCCC2)C2CCCCC2)CC1.C1CCC([PH+](C2CCCCC2)C2CCCCC2)CC1.C1CCC([PH+](C2CCCCC2)C2CCCCC2)CC1.CC(C)(C)C1=C[C](=[Ru]([Cl])[Cl])c2ccccc21.CC(C)(C)C1=C[C](=[Ru]([Cl])[Cl])c2ccccc21.ClCCl.c1ccc([PH+](c2ccccc2)c2ccccc2)cc1.c1ccc([PH+](c2ccccc2)c2ccccc2)cc1. The van der Waals surface area contributed by atoms with Crippen LogP contribution in [-0.2, 0) is 27.0 Å². The van der Waals surface area contributed by atoms with Gasteiger partial charge in [0.25, 0.3) is 0 Å². The summed E-state index contributed by atoms with van der Waals surface area (Å²) in [6, 6.07) is 81.8. The van der Waals surface area contributed by atoms with E-state index in [0.29, 0.717) is 7.92 Å². The second-order valence-corrected chi connectivity index (χ2v) is 68.5. The van der Waals surface area contributed by atoms with Crippen molar-refractivity contribution in [3.63, 3.8) is 0 Å². The summed E-state index contributed by atoms with van der Waals surface area (Å²) in [6.07, 6.45) is 75.6. The van der Waals surface area contributed by atoms with E-state index in [9.17, 15) is 0 Å². The van der Waals surface area contributed by atoms with Crippen LogP contribution >= 0.6 is 102 Å². The molecule has 130 heavy (non-hydrogen) atoms. The van der Waals surface area contributed by atoms with E-state index in [0.717, 1.165) is 8.21 Å². The molecule has 0 atom stereocenters. The van der Waals surface area contributed by atoms with E-state index in [2.05, 4.69) is 272 Å². The Hall–Kier alpha value is -1.88. The summed E-state index contributed by atoms with van der Waals surface area (Å²) in [7, 11) is 23.2. The minimum atomic E-state index is -1.83. The molecule has 0 unspecified atom stereocenters. The van der Waals surface area contributed by atoms with Gasteiger partial charge in [0.05, 0.1) is 55.1 Å². The van der Waals surface area contributed by atoms with Crippen molar-refractivity contribution >= 4 is 153 Å². The second-order valence-electron chi connectivity index (χ2n) is 41.1. The number of hydrogen-bond acceptors (Lipinski definition) is 0. The normalized spacial score (nSPS) is 19.8. The molecule has 0 aliphatic heterocycles. The predicted molar refractivity (Wildman–Crippen MR) is 594 cm³/mol. The first-order valence-electron chi connectivity index (χ1n) is 51.6. The summed E-state index contributed by atoms with van der Waals surface area (Å²) in [6.45, 7) is 13.3. The fourth-order valence-corrected chi connectivity index (χ4v) is 49.4.